The minimum absolute atomic E-state index is 0.00992. The molecule has 0 aliphatic carbocycles. The first-order valence-electron chi connectivity index (χ1n) is 6.51. The van der Waals surface area contributed by atoms with Gasteiger partial charge >= 0.3 is 0 Å². The topological polar surface area (TPSA) is 73.2 Å². The van der Waals surface area contributed by atoms with Crippen molar-refractivity contribution in [3.8, 4) is 6.07 Å². The van der Waals surface area contributed by atoms with Crippen molar-refractivity contribution < 1.29 is 9.59 Å². The maximum Gasteiger partial charge on any atom is 0.237 e. The van der Waals surface area contributed by atoms with E-state index in [1.54, 1.807) is 0 Å². The molecule has 100 valence electrons. The number of carbonyl (C=O) groups is 2. The van der Waals surface area contributed by atoms with Crippen LogP contribution >= 0.6 is 0 Å². The van der Waals surface area contributed by atoms with Crippen molar-refractivity contribution in [3.63, 3.8) is 0 Å². The number of nitrogens with zero attached hydrogens (tertiary/aromatic N) is 2. The van der Waals surface area contributed by atoms with Gasteiger partial charge in [0.25, 0.3) is 0 Å². The highest BCUT2D eigenvalue weighted by Crippen LogP contribution is 2.10. The molecule has 0 bridgehead atoms. The first-order chi connectivity index (χ1) is 8.56. The zero-order valence-corrected chi connectivity index (χ0v) is 11.1. The van der Waals surface area contributed by atoms with Gasteiger partial charge in [-0.25, -0.2) is 0 Å². The Labute approximate surface area is 108 Å². The highest BCUT2D eigenvalue weighted by Gasteiger charge is 2.22. The predicted molar refractivity (Wildman–Crippen MR) is 67.4 cm³/mol. The molecule has 1 fully saturated rings. The average molecular weight is 251 g/mol. The summed E-state index contributed by atoms with van der Waals surface area (Å²) in [5.41, 5.74) is 0. The number of rotatable bonds is 5. The fourth-order valence-corrected chi connectivity index (χ4v) is 2.04. The lowest BCUT2D eigenvalue weighted by atomic mass is 9.97. The fourth-order valence-electron chi connectivity index (χ4n) is 2.04. The number of hydrogen-bond donors (Lipinski definition) is 1. The van der Waals surface area contributed by atoms with Crippen LogP contribution in [0.4, 0.5) is 0 Å². The van der Waals surface area contributed by atoms with E-state index in [2.05, 4.69) is 5.32 Å². The van der Waals surface area contributed by atoms with Gasteiger partial charge < -0.3 is 10.2 Å². The third-order valence-electron chi connectivity index (χ3n) is 3.19. The molecule has 0 aromatic heterocycles. The van der Waals surface area contributed by atoms with Crippen LogP contribution in [0.25, 0.3) is 0 Å². The minimum atomic E-state index is -0.633. The second kappa shape index (κ2) is 7.00. The summed E-state index contributed by atoms with van der Waals surface area (Å²) in [6.07, 6.45) is 2.46. The number of carbonyl (C=O) groups excluding carboxylic acids is 2. The van der Waals surface area contributed by atoms with Crippen LogP contribution in [0.2, 0.25) is 0 Å². The van der Waals surface area contributed by atoms with Crippen molar-refractivity contribution in [3.05, 3.63) is 0 Å². The van der Waals surface area contributed by atoms with Gasteiger partial charge in [-0.15, -0.1) is 0 Å². The van der Waals surface area contributed by atoms with Crippen molar-refractivity contribution in [2.45, 2.75) is 33.1 Å². The molecule has 1 aliphatic heterocycles. The number of hydrogen-bond acceptors (Lipinski definition) is 3. The zero-order chi connectivity index (χ0) is 13.5. The summed E-state index contributed by atoms with van der Waals surface area (Å²) in [6.45, 7) is 5.66. The molecular formula is C13H21N3O2. The second-order valence-electron chi connectivity index (χ2n) is 4.98. The van der Waals surface area contributed by atoms with Gasteiger partial charge in [-0.1, -0.05) is 13.8 Å². The van der Waals surface area contributed by atoms with E-state index in [0.717, 1.165) is 25.9 Å². The van der Waals surface area contributed by atoms with Crippen LogP contribution in [-0.4, -0.2) is 36.3 Å². The largest absolute Gasteiger partial charge is 0.354 e. The summed E-state index contributed by atoms with van der Waals surface area (Å²) in [7, 11) is 0. The molecular weight excluding hydrogens is 230 g/mol. The van der Waals surface area contributed by atoms with E-state index < -0.39 is 5.92 Å². The Morgan fingerprint density at radius 2 is 1.94 bits per heavy atom. The van der Waals surface area contributed by atoms with Crippen LogP contribution in [-0.2, 0) is 9.59 Å². The average Bonchev–Trinajstić information content (AvgIpc) is 2.82. The molecule has 0 aromatic carbocycles. The van der Waals surface area contributed by atoms with Crippen molar-refractivity contribution >= 4 is 11.8 Å². The maximum atomic E-state index is 11.7. The molecule has 2 amide bonds. The van der Waals surface area contributed by atoms with E-state index in [1.165, 1.54) is 0 Å². The lowest BCUT2D eigenvalue weighted by Crippen LogP contribution is -2.36. The molecule has 1 heterocycles. The minimum Gasteiger partial charge on any atom is -0.354 e. The normalized spacial score (nSPS) is 16.4. The van der Waals surface area contributed by atoms with Crippen LogP contribution in [0.1, 0.15) is 33.1 Å². The number of nitrogens with one attached hydrogen (secondary N) is 1. The molecule has 0 spiro atoms. The maximum absolute atomic E-state index is 11.7. The first-order valence-corrected chi connectivity index (χ1v) is 6.51. The van der Waals surface area contributed by atoms with E-state index in [-0.39, 0.29) is 17.7 Å². The van der Waals surface area contributed by atoms with Gasteiger partial charge in [0, 0.05) is 26.1 Å². The van der Waals surface area contributed by atoms with E-state index in [0.29, 0.717) is 13.0 Å². The number of amides is 2. The van der Waals surface area contributed by atoms with Gasteiger partial charge in [0.1, 0.15) is 5.92 Å². The lowest BCUT2D eigenvalue weighted by Gasteiger charge is -2.16. The van der Waals surface area contributed by atoms with Gasteiger partial charge in [0.2, 0.25) is 11.8 Å². The predicted octanol–water partition coefficient (Wildman–Crippen LogP) is 0.911. The Balaban J connectivity index is 2.26. The van der Waals surface area contributed by atoms with E-state index in [1.807, 2.05) is 24.8 Å². The summed E-state index contributed by atoms with van der Waals surface area (Å²) in [4.78, 5) is 25.2. The van der Waals surface area contributed by atoms with Crippen LogP contribution in [0.3, 0.4) is 0 Å². The lowest BCUT2D eigenvalue weighted by molar-refractivity contribution is -0.130. The highest BCUT2D eigenvalue weighted by molar-refractivity contribution is 5.82. The van der Waals surface area contributed by atoms with E-state index in [4.69, 9.17) is 5.26 Å². The van der Waals surface area contributed by atoms with Crippen LogP contribution in [0, 0.1) is 23.2 Å². The quantitative estimate of drug-likeness (QED) is 0.789. The zero-order valence-electron chi connectivity index (χ0n) is 11.1. The summed E-state index contributed by atoms with van der Waals surface area (Å²) in [6, 6.07) is 1.99. The SMILES string of the molecule is CC(C)C(C#N)C(=O)NCCC(=O)N1CCCC1. The summed E-state index contributed by atoms with van der Waals surface area (Å²) < 4.78 is 0. The Morgan fingerprint density at radius 1 is 1.33 bits per heavy atom. The highest BCUT2D eigenvalue weighted by atomic mass is 16.2. The van der Waals surface area contributed by atoms with Crippen molar-refractivity contribution in [1.82, 2.24) is 10.2 Å². The van der Waals surface area contributed by atoms with Crippen molar-refractivity contribution in [2.75, 3.05) is 19.6 Å². The summed E-state index contributed by atoms with van der Waals surface area (Å²) >= 11 is 0. The van der Waals surface area contributed by atoms with Gasteiger partial charge in [-0.05, 0) is 18.8 Å². The van der Waals surface area contributed by atoms with E-state index >= 15 is 0 Å². The van der Waals surface area contributed by atoms with Gasteiger partial charge in [-0.2, -0.15) is 5.26 Å². The molecule has 1 N–H and O–H groups in total. The number of nitriles is 1. The molecule has 0 radical (unpaired) electrons. The van der Waals surface area contributed by atoms with Crippen LogP contribution in [0.15, 0.2) is 0 Å². The standard InChI is InChI=1S/C13H21N3O2/c1-10(2)11(9-14)13(18)15-6-5-12(17)16-7-3-4-8-16/h10-11H,3-8H2,1-2H3,(H,15,18). The Hall–Kier alpha value is -1.57. The Bertz CT molecular complexity index is 341. The monoisotopic (exact) mass is 251 g/mol. The smallest absolute Gasteiger partial charge is 0.237 e. The first kappa shape index (κ1) is 14.5. The van der Waals surface area contributed by atoms with Crippen molar-refractivity contribution in [2.24, 2.45) is 11.8 Å². The molecule has 5 nitrogen and oxygen atoms in total. The number of likely N-dealkylation sites (tertiary alicyclic amines) is 1. The van der Waals surface area contributed by atoms with Crippen LogP contribution in [0.5, 0.6) is 0 Å². The molecule has 1 aliphatic rings. The van der Waals surface area contributed by atoms with Gasteiger partial charge in [0.15, 0.2) is 0 Å². The summed E-state index contributed by atoms with van der Waals surface area (Å²) in [5.74, 6) is -0.830. The second-order valence-corrected chi connectivity index (χ2v) is 4.98. The molecule has 5 heteroatoms. The molecule has 1 atom stereocenters. The summed E-state index contributed by atoms with van der Waals surface area (Å²) in [5, 5.41) is 11.5. The third-order valence-corrected chi connectivity index (χ3v) is 3.19. The fraction of sp³-hybridized carbons (Fsp3) is 0.769. The third kappa shape index (κ3) is 4.02. The molecule has 0 aromatic rings. The Morgan fingerprint density at radius 3 is 2.44 bits per heavy atom. The molecule has 1 rings (SSSR count). The van der Waals surface area contributed by atoms with Crippen molar-refractivity contribution in [1.29, 1.82) is 5.26 Å². The molecule has 1 saturated heterocycles. The van der Waals surface area contributed by atoms with Crippen LogP contribution < -0.4 is 5.32 Å². The Kier molecular flexibility index (Phi) is 5.63. The molecule has 1 unspecified atom stereocenters. The molecule has 0 saturated carbocycles. The van der Waals surface area contributed by atoms with E-state index in [9.17, 15) is 9.59 Å². The molecule has 18 heavy (non-hydrogen) atoms. The van der Waals surface area contributed by atoms with Gasteiger partial charge in [0.05, 0.1) is 6.07 Å². The van der Waals surface area contributed by atoms with Gasteiger partial charge in [-0.3, -0.25) is 9.59 Å².